The molecule has 22 heavy (non-hydrogen) atoms. The molecule has 0 aliphatic carbocycles. The lowest BCUT2D eigenvalue weighted by atomic mass is 10.0. The summed E-state index contributed by atoms with van der Waals surface area (Å²) in [4.78, 5) is 12.3. The van der Waals surface area contributed by atoms with Gasteiger partial charge in [0.25, 0.3) is 5.91 Å². The number of carbonyl (C=O) groups is 1. The molecule has 0 aromatic heterocycles. The molecule has 0 saturated carbocycles. The van der Waals surface area contributed by atoms with Crippen molar-refractivity contribution in [2.75, 3.05) is 0 Å². The second kappa shape index (κ2) is 8.23. The van der Waals surface area contributed by atoms with Crippen molar-refractivity contribution in [1.29, 1.82) is 0 Å². The third-order valence-corrected chi connectivity index (χ3v) is 3.67. The maximum atomic E-state index is 12.3. The molecular formula is C19H23NO2. The Morgan fingerprint density at radius 1 is 1.14 bits per heavy atom. The molecule has 0 saturated heterocycles. The van der Waals surface area contributed by atoms with Gasteiger partial charge < -0.3 is 10.4 Å². The molecule has 2 rings (SSSR count). The third kappa shape index (κ3) is 4.92. The number of aromatic hydroxyl groups is 1. The first kappa shape index (κ1) is 16.1. The summed E-state index contributed by atoms with van der Waals surface area (Å²) in [6.45, 7) is 2.14. The van der Waals surface area contributed by atoms with Crippen molar-refractivity contribution in [1.82, 2.24) is 5.32 Å². The molecule has 1 amide bonds. The van der Waals surface area contributed by atoms with Crippen molar-refractivity contribution in [3.05, 3.63) is 65.7 Å². The highest BCUT2D eigenvalue weighted by Gasteiger charge is 2.14. The van der Waals surface area contributed by atoms with Crippen LogP contribution in [0.1, 0.15) is 42.1 Å². The molecule has 0 aliphatic heterocycles. The second-order valence-electron chi connectivity index (χ2n) is 5.55. The minimum Gasteiger partial charge on any atom is -0.508 e. The van der Waals surface area contributed by atoms with Crippen LogP contribution in [0.25, 0.3) is 0 Å². The summed E-state index contributed by atoms with van der Waals surface area (Å²) in [5, 5.41) is 12.7. The van der Waals surface area contributed by atoms with E-state index in [1.807, 2.05) is 42.5 Å². The maximum absolute atomic E-state index is 12.3. The zero-order valence-electron chi connectivity index (χ0n) is 13.0. The van der Waals surface area contributed by atoms with Crippen LogP contribution in [0.4, 0.5) is 0 Å². The van der Waals surface area contributed by atoms with Gasteiger partial charge in [0.05, 0.1) is 0 Å². The van der Waals surface area contributed by atoms with Crippen LogP contribution in [0, 0.1) is 0 Å². The molecular weight excluding hydrogens is 274 g/mol. The average molecular weight is 297 g/mol. The van der Waals surface area contributed by atoms with Crippen LogP contribution in [0.15, 0.2) is 54.6 Å². The van der Waals surface area contributed by atoms with Gasteiger partial charge in [0.15, 0.2) is 0 Å². The van der Waals surface area contributed by atoms with E-state index in [0.29, 0.717) is 5.56 Å². The van der Waals surface area contributed by atoms with E-state index in [2.05, 4.69) is 12.2 Å². The van der Waals surface area contributed by atoms with E-state index in [9.17, 15) is 9.90 Å². The van der Waals surface area contributed by atoms with Gasteiger partial charge in [-0.3, -0.25) is 4.79 Å². The van der Waals surface area contributed by atoms with Crippen molar-refractivity contribution in [3.63, 3.8) is 0 Å². The van der Waals surface area contributed by atoms with Crippen LogP contribution >= 0.6 is 0 Å². The first-order valence-electron chi connectivity index (χ1n) is 7.83. The smallest absolute Gasteiger partial charge is 0.251 e. The lowest BCUT2D eigenvalue weighted by molar-refractivity contribution is 0.0934. The maximum Gasteiger partial charge on any atom is 0.251 e. The Balaban J connectivity index is 2.04. The predicted molar refractivity (Wildman–Crippen MR) is 89.0 cm³/mol. The summed E-state index contributed by atoms with van der Waals surface area (Å²) < 4.78 is 0. The van der Waals surface area contributed by atoms with E-state index in [1.165, 1.54) is 0 Å². The Morgan fingerprint density at radius 3 is 2.59 bits per heavy atom. The van der Waals surface area contributed by atoms with Crippen molar-refractivity contribution in [2.45, 2.75) is 38.6 Å². The number of rotatable bonds is 7. The van der Waals surface area contributed by atoms with Gasteiger partial charge in [-0.25, -0.2) is 0 Å². The summed E-state index contributed by atoms with van der Waals surface area (Å²) in [5.41, 5.74) is 1.72. The number of nitrogens with one attached hydrogen (secondary N) is 1. The molecule has 116 valence electrons. The van der Waals surface area contributed by atoms with Gasteiger partial charge in [-0.15, -0.1) is 0 Å². The summed E-state index contributed by atoms with van der Waals surface area (Å²) in [7, 11) is 0. The second-order valence-corrected chi connectivity index (χ2v) is 5.55. The highest BCUT2D eigenvalue weighted by molar-refractivity contribution is 5.94. The van der Waals surface area contributed by atoms with E-state index < -0.39 is 0 Å². The quantitative estimate of drug-likeness (QED) is 0.813. The fourth-order valence-electron chi connectivity index (χ4n) is 2.50. The first-order chi connectivity index (χ1) is 10.7. The van der Waals surface area contributed by atoms with Gasteiger partial charge in [-0.2, -0.15) is 0 Å². The molecule has 2 N–H and O–H groups in total. The molecule has 2 aromatic rings. The molecule has 0 unspecified atom stereocenters. The van der Waals surface area contributed by atoms with Crippen LogP contribution in [-0.4, -0.2) is 17.1 Å². The largest absolute Gasteiger partial charge is 0.508 e. The van der Waals surface area contributed by atoms with E-state index in [1.54, 1.807) is 12.1 Å². The first-order valence-corrected chi connectivity index (χ1v) is 7.83. The van der Waals surface area contributed by atoms with Crippen LogP contribution in [0.5, 0.6) is 5.75 Å². The topological polar surface area (TPSA) is 49.3 Å². The van der Waals surface area contributed by atoms with Crippen molar-refractivity contribution >= 4 is 5.91 Å². The fourth-order valence-corrected chi connectivity index (χ4v) is 2.50. The summed E-state index contributed by atoms with van der Waals surface area (Å²) >= 11 is 0. The zero-order valence-corrected chi connectivity index (χ0v) is 13.0. The highest BCUT2D eigenvalue weighted by atomic mass is 16.3. The van der Waals surface area contributed by atoms with E-state index in [4.69, 9.17) is 0 Å². The molecule has 0 aliphatic rings. The summed E-state index contributed by atoms with van der Waals surface area (Å²) in [6.07, 6.45) is 3.83. The van der Waals surface area contributed by atoms with Gasteiger partial charge in [-0.05, 0) is 42.7 Å². The third-order valence-electron chi connectivity index (χ3n) is 3.67. The Bertz CT molecular complexity index is 595. The molecule has 3 nitrogen and oxygen atoms in total. The van der Waals surface area contributed by atoms with Crippen LogP contribution < -0.4 is 5.32 Å². The lowest BCUT2D eigenvalue weighted by Gasteiger charge is -2.19. The van der Waals surface area contributed by atoms with Crippen molar-refractivity contribution in [3.8, 4) is 5.75 Å². The standard InChI is InChI=1S/C19H23NO2/c1-2-3-11-17(13-15-8-7-12-18(21)14-15)20-19(22)16-9-5-4-6-10-16/h4-10,12,14,17,21H,2-3,11,13H2,1H3,(H,20,22)/t17-/m0/s1. The molecule has 0 radical (unpaired) electrons. The number of amides is 1. The molecule has 2 aromatic carbocycles. The minimum absolute atomic E-state index is 0.0399. The van der Waals surface area contributed by atoms with Gasteiger partial charge in [-0.1, -0.05) is 50.1 Å². The summed E-state index contributed by atoms with van der Waals surface area (Å²) in [5.74, 6) is 0.225. The van der Waals surface area contributed by atoms with Crippen LogP contribution in [-0.2, 0) is 6.42 Å². The SMILES string of the molecule is CCCC[C@@H](Cc1cccc(O)c1)NC(=O)c1ccccc1. The number of phenolic OH excluding ortho intramolecular Hbond substituents is 1. The molecule has 0 fully saturated rings. The zero-order chi connectivity index (χ0) is 15.8. The molecule has 3 heteroatoms. The Kier molecular flexibility index (Phi) is 6.01. The van der Waals surface area contributed by atoms with Crippen LogP contribution in [0.3, 0.4) is 0 Å². The molecule has 0 heterocycles. The predicted octanol–water partition coefficient (Wildman–Crippen LogP) is 3.92. The lowest BCUT2D eigenvalue weighted by Crippen LogP contribution is -2.36. The minimum atomic E-state index is -0.0399. The van der Waals surface area contributed by atoms with Gasteiger partial charge in [0.2, 0.25) is 0 Å². The van der Waals surface area contributed by atoms with Gasteiger partial charge in [0.1, 0.15) is 5.75 Å². The van der Waals surface area contributed by atoms with Crippen molar-refractivity contribution < 1.29 is 9.90 Å². The van der Waals surface area contributed by atoms with Crippen molar-refractivity contribution in [2.24, 2.45) is 0 Å². The fraction of sp³-hybridized carbons (Fsp3) is 0.316. The van der Waals surface area contributed by atoms with Gasteiger partial charge in [0, 0.05) is 11.6 Å². The average Bonchev–Trinajstić information content (AvgIpc) is 2.53. The van der Waals surface area contributed by atoms with Gasteiger partial charge >= 0.3 is 0 Å². The Hall–Kier alpha value is -2.29. The number of hydrogen-bond acceptors (Lipinski definition) is 2. The molecule has 1 atom stereocenters. The normalized spacial score (nSPS) is 11.9. The highest BCUT2D eigenvalue weighted by Crippen LogP contribution is 2.15. The van der Waals surface area contributed by atoms with E-state index in [0.717, 1.165) is 31.2 Å². The number of unbranched alkanes of at least 4 members (excludes halogenated alkanes) is 1. The monoisotopic (exact) mass is 297 g/mol. The number of carbonyl (C=O) groups excluding carboxylic acids is 1. The van der Waals surface area contributed by atoms with Crippen LogP contribution in [0.2, 0.25) is 0 Å². The molecule has 0 spiro atoms. The number of benzene rings is 2. The number of hydrogen-bond donors (Lipinski definition) is 2. The van der Waals surface area contributed by atoms with E-state index >= 15 is 0 Å². The Labute approximate surface area is 132 Å². The summed E-state index contributed by atoms with van der Waals surface area (Å²) in [6, 6.07) is 16.6. The van der Waals surface area contributed by atoms with E-state index in [-0.39, 0.29) is 17.7 Å². The molecule has 0 bridgehead atoms. The number of phenols is 1. The Morgan fingerprint density at radius 2 is 1.91 bits per heavy atom.